The number of carbonyl (C=O) groups is 1. The van der Waals surface area contributed by atoms with E-state index in [0.717, 1.165) is 63.2 Å². The van der Waals surface area contributed by atoms with Gasteiger partial charge in [-0.1, -0.05) is 0 Å². The lowest BCUT2D eigenvalue weighted by atomic mass is 9.94. The highest BCUT2D eigenvalue weighted by atomic mass is 16.5. The summed E-state index contributed by atoms with van der Waals surface area (Å²) in [6.07, 6.45) is 5.38. The van der Waals surface area contributed by atoms with E-state index < -0.39 is 0 Å². The topological polar surface area (TPSA) is 71.7 Å². The maximum atomic E-state index is 12.7. The van der Waals surface area contributed by atoms with Crippen LogP contribution < -0.4 is 4.74 Å². The minimum absolute atomic E-state index is 0.173. The van der Waals surface area contributed by atoms with Gasteiger partial charge in [-0.25, -0.2) is 0 Å². The zero-order chi connectivity index (χ0) is 19.3. The fourth-order valence-corrected chi connectivity index (χ4v) is 4.07. The number of carbonyl (C=O) groups excluding carboxylic acids is 1. The predicted octanol–water partition coefficient (Wildman–Crippen LogP) is 2.97. The number of hydrogen-bond donors (Lipinski definition) is 0. The average molecular weight is 384 g/mol. The molecule has 2 saturated heterocycles. The van der Waals surface area contributed by atoms with Crippen LogP contribution in [0.15, 0.2) is 28.7 Å². The standard InChI is InChI=1S/C21H28N4O3/c1-27-18-7-5-16(6-8-18)20-23-22-19(28-20)15-24-13-9-17(10-14-24)21(26)25-11-3-2-4-12-25/h5-8,17H,2-4,9-15H2,1H3. The van der Waals surface area contributed by atoms with Crippen LogP contribution >= 0.6 is 0 Å². The van der Waals surface area contributed by atoms with E-state index in [-0.39, 0.29) is 5.92 Å². The van der Waals surface area contributed by atoms with Crippen molar-refractivity contribution in [1.82, 2.24) is 20.0 Å². The number of ether oxygens (including phenoxy) is 1. The van der Waals surface area contributed by atoms with Crippen LogP contribution in [0.2, 0.25) is 0 Å². The summed E-state index contributed by atoms with van der Waals surface area (Å²) in [7, 11) is 1.64. The molecule has 150 valence electrons. The van der Waals surface area contributed by atoms with Gasteiger partial charge in [-0.2, -0.15) is 0 Å². The zero-order valence-electron chi connectivity index (χ0n) is 16.5. The van der Waals surface area contributed by atoms with Gasteiger partial charge in [-0.3, -0.25) is 9.69 Å². The van der Waals surface area contributed by atoms with Gasteiger partial charge < -0.3 is 14.1 Å². The summed E-state index contributed by atoms with van der Waals surface area (Å²) >= 11 is 0. The van der Waals surface area contributed by atoms with Crippen molar-refractivity contribution in [3.63, 3.8) is 0 Å². The smallest absolute Gasteiger partial charge is 0.247 e. The lowest BCUT2D eigenvalue weighted by Crippen LogP contribution is -2.44. The van der Waals surface area contributed by atoms with Crippen molar-refractivity contribution in [1.29, 1.82) is 0 Å². The second-order valence-electron chi connectivity index (χ2n) is 7.67. The van der Waals surface area contributed by atoms with Crippen molar-refractivity contribution in [2.24, 2.45) is 5.92 Å². The number of aromatic nitrogens is 2. The maximum Gasteiger partial charge on any atom is 0.247 e. The SMILES string of the molecule is COc1ccc(-c2nnc(CN3CCC(C(=O)N4CCCCC4)CC3)o2)cc1. The van der Waals surface area contributed by atoms with Gasteiger partial charge >= 0.3 is 0 Å². The fraction of sp³-hybridized carbons (Fsp3) is 0.571. The Kier molecular flexibility index (Phi) is 5.90. The van der Waals surface area contributed by atoms with Gasteiger partial charge in [0, 0.05) is 24.6 Å². The predicted molar refractivity (Wildman–Crippen MR) is 105 cm³/mol. The van der Waals surface area contributed by atoms with Crippen molar-refractivity contribution in [3.8, 4) is 17.2 Å². The van der Waals surface area contributed by atoms with Crippen LogP contribution in [0.5, 0.6) is 5.75 Å². The van der Waals surface area contributed by atoms with Crippen LogP contribution in [0, 0.1) is 5.92 Å². The number of hydrogen-bond acceptors (Lipinski definition) is 6. The van der Waals surface area contributed by atoms with E-state index in [1.807, 2.05) is 24.3 Å². The van der Waals surface area contributed by atoms with Crippen LogP contribution in [0.1, 0.15) is 38.0 Å². The van der Waals surface area contributed by atoms with E-state index in [1.54, 1.807) is 7.11 Å². The Morgan fingerprint density at radius 3 is 2.46 bits per heavy atom. The maximum absolute atomic E-state index is 12.7. The van der Waals surface area contributed by atoms with Crippen LogP contribution in [0.4, 0.5) is 0 Å². The molecule has 2 aliphatic heterocycles. The summed E-state index contributed by atoms with van der Waals surface area (Å²) in [5, 5.41) is 8.36. The molecule has 4 rings (SSSR count). The van der Waals surface area contributed by atoms with Crippen LogP contribution in [-0.2, 0) is 11.3 Å². The summed E-state index contributed by atoms with van der Waals surface area (Å²) in [6.45, 7) is 4.30. The Morgan fingerprint density at radius 1 is 1.07 bits per heavy atom. The molecule has 2 aromatic rings. The number of amides is 1. The van der Waals surface area contributed by atoms with Crippen molar-refractivity contribution in [2.75, 3.05) is 33.3 Å². The summed E-state index contributed by atoms with van der Waals surface area (Å²) in [5.74, 6) is 2.47. The number of nitrogens with zero attached hydrogens (tertiary/aromatic N) is 4. The van der Waals surface area contributed by atoms with Crippen molar-refractivity contribution in [2.45, 2.75) is 38.6 Å². The summed E-state index contributed by atoms with van der Waals surface area (Å²) in [5.41, 5.74) is 0.880. The van der Waals surface area contributed by atoms with Crippen molar-refractivity contribution >= 4 is 5.91 Å². The molecule has 2 aliphatic rings. The van der Waals surface area contributed by atoms with E-state index in [2.05, 4.69) is 20.0 Å². The lowest BCUT2D eigenvalue weighted by Gasteiger charge is -2.35. The number of rotatable bonds is 5. The normalized spacial score (nSPS) is 19.0. The Hall–Kier alpha value is -2.41. The Morgan fingerprint density at radius 2 is 1.79 bits per heavy atom. The molecular weight excluding hydrogens is 356 g/mol. The van der Waals surface area contributed by atoms with E-state index in [1.165, 1.54) is 6.42 Å². The van der Waals surface area contributed by atoms with E-state index >= 15 is 0 Å². The molecule has 0 N–H and O–H groups in total. The van der Waals surface area contributed by atoms with Gasteiger partial charge in [0.05, 0.1) is 13.7 Å². The molecule has 1 amide bonds. The molecule has 7 heteroatoms. The molecule has 0 spiro atoms. The van der Waals surface area contributed by atoms with Gasteiger partial charge in [0.25, 0.3) is 0 Å². The molecular formula is C21H28N4O3. The van der Waals surface area contributed by atoms with Gasteiger partial charge in [0.15, 0.2) is 0 Å². The molecule has 1 aromatic carbocycles. The monoisotopic (exact) mass is 384 g/mol. The van der Waals surface area contributed by atoms with Gasteiger partial charge in [0.1, 0.15) is 5.75 Å². The molecule has 7 nitrogen and oxygen atoms in total. The minimum atomic E-state index is 0.173. The highest BCUT2D eigenvalue weighted by Gasteiger charge is 2.29. The Bertz CT molecular complexity index is 775. The molecule has 0 saturated carbocycles. The van der Waals surface area contributed by atoms with E-state index in [0.29, 0.717) is 24.2 Å². The third-order valence-corrected chi connectivity index (χ3v) is 5.77. The van der Waals surface area contributed by atoms with Crippen LogP contribution in [0.3, 0.4) is 0 Å². The second kappa shape index (κ2) is 8.73. The van der Waals surface area contributed by atoms with Gasteiger partial charge in [-0.05, 0) is 69.5 Å². The first-order valence-corrected chi connectivity index (χ1v) is 10.2. The highest BCUT2D eigenvalue weighted by Crippen LogP contribution is 2.24. The first kappa shape index (κ1) is 18.9. The van der Waals surface area contributed by atoms with Crippen molar-refractivity contribution < 1.29 is 13.9 Å². The third kappa shape index (κ3) is 4.35. The molecule has 0 radical (unpaired) electrons. The van der Waals surface area contributed by atoms with Crippen LogP contribution in [0.25, 0.3) is 11.5 Å². The first-order chi connectivity index (χ1) is 13.7. The molecule has 1 aromatic heterocycles. The Labute approximate surface area is 165 Å². The zero-order valence-corrected chi connectivity index (χ0v) is 16.5. The minimum Gasteiger partial charge on any atom is -0.497 e. The number of piperidine rings is 2. The molecule has 0 bridgehead atoms. The largest absolute Gasteiger partial charge is 0.497 e. The summed E-state index contributed by atoms with van der Waals surface area (Å²) in [4.78, 5) is 17.1. The molecule has 0 atom stereocenters. The van der Waals surface area contributed by atoms with Gasteiger partial charge in [0.2, 0.25) is 17.7 Å². The molecule has 0 unspecified atom stereocenters. The third-order valence-electron chi connectivity index (χ3n) is 5.77. The van der Waals surface area contributed by atoms with Crippen molar-refractivity contribution in [3.05, 3.63) is 30.2 Å². The lowest BCUT2D eigenvalue weighted by molar-refractivity contribution is -0.138. The fourth-order valence-electron chi connectivity index (χ4n) is 4.07. The molecule has 2 fully saturated rings. The van der Waals surface area contributed by atoms with Crippen LogP contribution in [-0.4, -0.2) is 59.2 Å². The number of likely N-dealkylation sites (tertiary alicyclic amines) is 2. The molecule has 3 heterocycles. The summed E-state index contributed by atoms with van der Waals surface area (Å²) in [6, 6.07) is 7.58. The Balaban J connectivity index is 1.29. The van der Waals surface area contributed by atoms with E-state index in [9.17, 15) is 4.79 Å². The molecule has 0 aliphatic carbocycles. The summed E-state index contributed by atoms with van der Waals surface area (Å²) < 4.78 is 11.0. The quantitative estimate of drug-likeness (QED) is 0.789. The average Bonchev–Trinajstić information content (AvgIpc) is 3.23. The second-order valence-corrected chi connectivity index (χ2v) is 7.67. The number of benzene rings is 1. The highest BCUT2D eigenvalue weighted by molar-refractivity contribution is 5.79. The number of methoxy groups -OCH3 is 1. The first-order valence-electron chi connectivity index (χ1n) is 10.2. The molecule has 28 heavy (non-hydrogen) atoms. The van der Waals surface area contributed by atoms with E-state index in [4.69, 9.17) is 9.15 Å². The van der Waals surface area contributed by atoms with Gasteiger partial charge in [-0.15, -0.1) is 10.2 Å².